The van der Waals surface area contributed by atoms with Gasteiger partial charge in [0.1, 0.15) is 0 Å². The van der Waals surface area contributed by atoms with Crippen molar-refractivity contribution in [3.05, 3.63) is 59.1 Å². The third-order valence-corrected chi connectivity index (χ3v) is 5.01. The number of benzene rings is 2. The van der Waals surface area contributed by atoms with Crippen LogP contribution in [0.25, 0.3) is 0 Å². The van der Waals surface area contributed by atoms with E-state index in [-0.39, 0.29) is 4.90 Å². The zero-order valence-corrected chi connectivity index (χ0v) is 14.1. The Morgan fingerprint density at radius 1 is 1.05 bits per heavy atom. The fourth-order valence-corrected chi connectivity index (χ4v) is 3.42. The Hall–Kier alpha value is -1.52. The Kier molecular flexibility index (Phi) is 5.86. The Morgan fingerprint density at radius 2 is 1.77 bits per heavy atom. The summed E-state index contributed by atoms with van der Waals surface area (Å²) in [5.74, 6) is 0. The van der Waals surface area contributed by atoms with Crippen molar-refractivity contribution >= 4 is 27.3 Å². The monoisotopic (exact) mass is 337 g/mol. The maximum absolute atomic E-state index is 12.3. The molecule has 1 N–H and O–H groups in total. The highest BCUT2D eigenvalue weighted by atomic mass is 35.5. The number of anilines is 1. The lowest BCUT2D eigenvalue weighted by Gasteiger charge is -2.09. The first-order chi connectivity index (χ1) is 10.5. The summed E-state index contributed by atoms with van der Waals surface area (Å²) in [6.45, 7) is 2.16. The van der Waals surface area contributed by atoms with Crippen molar-refractivity contribution in [3.8, 4) is 0 Å². The van der Waals surface area contributed by atoms with Gasteiger partial charge in [-0.25, -0.2) is 8.42 Å². The van der Waals surface area contributed by atoms with E-state index < -0.39 is 10.0 Å². The van der Waals surface area contributed by atoms with Crippen LogP contribution in [0.15, 0.2) is 53.4 Å². The summed E-state index contributed by atoms with van der Waals surface area (Å²) in [7, 11) is -3.58. The normalized spacial score (nSPS) is 11.4. The second-order valence-electron chi connectivity index (χ2n) is 5.22. The number of aryl methyl sites for hydroxylation is 1. The van der Waals surface area contributed by atoms with Crippen molar-refractivity contribution in [1.29, 1.82) is 0 Å². The van der Waals surface area contributed by atoms with Crippen molar-refractivity contribution in [2.45, 2.75) is 37.5 Å². The van der Waals surface area contributed by atoms with E-state index in [1.54, 1.807) is 36.4 Å². The van der Waals surface area contributed by atoms with Crippen LogP contribution in [-0.2, 0) is 16.4 Å². The number of sulfonamides is 1. The molecule has 0 unspecified atom stereocenters. The predicted octanol–water partition coefficient (Wildman–Crippen LogP) is 4.87. The SMILES string of the molecule is CCCCCc1ccc(S(=O)(=O)Nc2cccc(Cl)c2)cc1. The highest BCUT2D eigenvalue weighted by molar-refractivity contribution is 7.92. The first-order valence-electron chi connectivity index (χ1n) is 7.38. The van der Waals surface area contributed by atoms with Gasteiger partial charge in [0, 0.05) is 5.02 Å². The van der Waals surface area contributed by atoms with Gasteiger partial charge >= 0.3 is 0 Å². The average Bonchev–Trinajstić information content (AvgIpc) is 2.47. The molecule has 5 heteroatoms. The molecule has 0 atom stereocenters. The highest BCUT2D eigenvalue weighted by Gasteiger charge is 2.14. The molecule has 0 radical (unpaired) electrons. The van der Waals surface area contributed by atoms with Gasteiger partial charge in [0.15, 0.2) is 0 Å². The molecular formula is C17H20ClNO2S. The lowest BCUT2D eigenvalue weighted by molar-refractivity contribution is 0.601. The highest BCUT2D eigenvalue weighted by Crippen LogP contribution is 2.20. The smallest absolute Gasteiger partial charge is 0.261 e. The summed E-state index contributed by atoms with van der Waals surface area (Å²) in [5, 5.41) is 0.492. The van der Waals surface area contributed by atoms with Crippen LogP contribution >= 0.6 is 11.6 Å². The van der Waals surface area contributed by atoms with E-state index in [0.29, 0.717) is 10.7 Å². The van der Waals surface area contributed by atoms with E-state index in [9.17, 15) is 8.42 Å². The standard InChI is InChI=1S/C17H20ClNO2S/c1-2-3-4-6-14-9-11-17(12-10-14)22(20,21)19-16-8-5-7-15(18)13-16/h5,7-13,19H,2-4,6H2,1H3. The van der Waals surface area contributed by atoms with Crippen LogP contribution in [0.2, 0.25) is 5.02 Å². The minimum atomic E-state index is -3.58. The van der Waals surface area contributed by atoms with Crippen molar-refractivity contribution in [2.24, 2.45) is 0 Å². The van der Waals surface area contributed by atoms with Crippen LogP contribution in [0.3, 0.4) is 0 Å². The molecule has 2 aromatic carbocycles. The van der Waals surface area contributed by atoms with Crippen LogP contribution in [0.4, 0.5) is 5.69 Å². The van der Waals surface area contributed by atoms with E-state index in [1.807, 2.05) is 12.1 Å². The van der Waals surface area contributed by atoms with Crippen molar-refractivity contribution in [1.82, 2.24) is 0 Å². The molecule has 0 spiro atoms. The van der Waals surface area contributed by atoms with Gasteiger partial charge in [-0.05, 0) is 48.7 Å². The Balaban J connectivity index is 2.09. The molecule has 0 bridgehead atoms. The Morgan fingerprint density at radius 3 is 2.41 bits per heavy atom. The molecule has 0 aliphatic rings. The topological polar surface area (TPSA) is 46.2 Å². The zero-order valence-electron chi connectivity index (χ0n) is 12.5. The van der Waals surface area contributed by atoms with Gasteiger partial charge in [-0.2, -0.15) is 0 Å². The Bertz CT molecular complexity index is 712. The van der Waals surface area contributed by atoms with Gasteiger partial charge in [-0.3, -0.25) is 4.72 Å². The predicted molar refractivity (Wildman–Crippen MR) is 91.9 cm³/mol. The van der Waals surface area contributed by atoms with Gasteiger partial charge < -0.3 is 0 Å². The minimum Gasteiger partial charge on any atom is -0.280 e. The van der Waals surface area contributed by atoms with E-state index in [0.717, 1.165) is 18.4 Å². The van der Waals surface area contributed by atoms with Crippen LogP contribution < -0.4 is 4.72 Å². The largest absolute Gasteiger partial charge is 0.280 e. The number of unbranched alkanes of at least 4 members (excludes halogenated alkanes) is 2. The summed E-state index contributed by atoms with van der Waals surface area (Å²) >= 11 is 5.87. The minimum absolute atomic E-state index is 0.256. The molecule has 0 amide bonds. The molecule has 0 aromatic heterocycles. The lowest BCUT2D eigenvalue weighted by atomic mass is 10.1. The molecule has 2 rings (SSSR count). The molecular weight excluding hydrogens is 318 g/mol. The first kappa shape index (κ1) is 16.8. The van der Waals surface area contributed by atoms with Crippen molar-refractivity contribution in [3.63, 3.8) is 0 Å². The third kappa shape index (κ3) is 4.75. The summed E-state index contributed by atoms with van der Waals surface area (Å²) in [6.07, 6.45) is 4.48. The van der Waals surface area contributed by atoms with E-state index in [4.69, 9.17) is 11.6 Å². The fraction of sp³-hybridized carbons (Fsp3) is 0.294. The van der Waals surface area contributed by atoms with Crippen molar-refractivity contribution in [2.75, 3.05) is 4.72 Å². The molecule has 2 aromatic rings. The molecule has 0 aliphatic carbocycles. The van der Waals surface area contributed by atoms with Gasteiger partial charge in [0.25, 0.3) is 10.0 Å². The second kappa shape index (κ2) is 7.65. The molecule has 3 nitrogen and oxygen atoms in total. The molecule has 0 heterocycles. The van der Waals surface area contributed by atoms with Crippen LogP contribution in [0.5, 0.6) is 0 Å². The van der Waals surface area contributed by atoms with Crippen LogP contribution in [0, 0.1) is 0 Å². The molecule has 0 saturated heterocycles. The summed E-state index contributed by atoms with van der Waals surface area (Å²) in [6, 6.07) is 13.7. The number of rotatable bonds is 7. The molecule has 0 fully saturated rings. The average molecular weight is 338 g/mol. The number of nitrogens with one attached hydrogen (secondary N) is 1. The summed E-state index contributed by atoms with van der Waals surface area (Å²) in [4.78, 5) is 0.256. The zero-order chi connectivity index (χ0) is 16.0. The second-order valence-corrected chi connectivity index (χ2v) is 7.34. The van der Waals surface area contributed by atoms with Gasteiger partial charge in [0.2, 0.25) is 0 Å². The lowest BCUT2D eigenvalue weighted by Crippen LogP contribution is -2.12. The summed E-state index contributed by atoms with van der Waals surface area (Å²) in [5.41, 5.74) is 1.62. The van der Waals surface area contributed by atoms with E-state index in [2.05, 4.69) is 11.6 Å². The maximum Gasteiger partial charge on any atom is 0.261 e. The Labute approximate surface area is 137 Å². The van der Waals surface area contributed by atoms with Gasteiger partial charge in [-0.15, -0.1) is 0 Å². The maximum atomic E-state index is 12.3. The van der Waals surface area contributed by atoms with E-state index >= 15 is 0 Å². The number of hydrogen-bond acceptors (Lipinski definition) is 2. The van der Waals surface area contributed by atoms with Gasteiger partial charge in [0.05, 0.1) is 10.6 Å². The number of halogens is 1. The van der Waals surface area contributed by atoms with Gasteiger partial charge in [-0.1, -0.05) is 49.6 Å². The van der Waals surface area contributed by atoms with E-state index in [1.165, 1.54) is 12.8 Å². The fourth-order valence-electron chi connectivity index (χ4n) is 2.18. The molecule has 0 aliphatic heterocycles. The van der Waals surface area contributed by atoms with Crippen LogP contribution in [-0.4, -0.2) is 8.42 Å². The molecule has 118 valence electrons. The molecule has 0 saturated carbocycles. The first-order valence-corrected chi connectivity index (χ1v) is 9.25. The molecule has 22 heavy (non-hydrogen) atoms. The third-order valence-electron chi connectivity index (χ3n) is 3.38. The summed E-state index contributed by atoms with van der Waals surface area (Å²) < 4.78 is 27.2. The quantitative estimate of drug-likeness (QED) is 0.732. The number of hydrogen-bond donors (Lipinski definition) is 1. The van der Waals surface area contributed by atoms with Crippen molar-refractivity contribution < 1.29 is 8.42 Å². The van der Waals surface area contributed by atoms with Crippen LogP contribution in [0.1, 0.15) is 31.7 Å².